The molecule has 2 N–H and O–H groups in total. The molecule has 1 aromatic heterocycles. The smallest absolute Gasteiger partial charge is 0.132 e. The van der Waals surface area contributed by atoms with Gasteiger partial charge in [0.2, 0.25) is 0 Å². The Balaban J connectivity index is 1.96. The highest BCUT2D eigenvalue weighted by molar-refractivity contribution is 5.45. The lowest BCUT2D eigenvalue weighted by atomic mass is 10.2. The molecule has 0 fully saturated rings. The van der Waals surface area contributed by atoms with Gasteiger partial charge in [-0.05, 0) is 23.8 Å². The molecule has 0 spiro atoms. The first-order valence-electron chi connectivity index (χ1n) is 6.26. The van der Waals surface area contributed by atoms with Gasteiger partial charge in [0.25, 0.3) is 0 Å². The average molecular weight is 257 g/mol. The van der Waals surface area contributed by atoms with Crippen molar-refractivity contribution in [1.29, 1.82) is 0 Å². The van der Waals surface area contributed by atoms with Gasteiger partial charge in [-0.3, -0.25) is 0 Å². The van der Waals surface area contributed by atoms with Crippen LogP contribution in [-0.2, 0) is 13.1 Å². The molecule has 2 aromatic rings. The molecule has 0 bridgehead atoms. The van der Waals surface area contributed by atoms with E-state index in [1.54, 1.807) is 18.3 Å². The van der Waals surface area contributed by atoms with E-state index in [4.69, 9.17) is 0 Å². The molecule has 1 aromatic carbocycles. The molecule has 2 rings (SSSR count). The third-order valence-electron chi connectivity index (χ3n) is 2.85. The summed E-state index contributed by atoms with van der Waals surface area (Å²) in [5, 5.41) is 12.8. The lowest BCUT2D eigenvalue weighted by Crippen LogP contribution is -2.18. The van der Waals surface area contributed by atoms with E-state index in [-0.39, 0.29) is 0 Å². The van der Waals surface area contributed by atoms with E-state index in [2.05, 4.69) is 16.4 Å². The minimum absolute atomic E-state index is 0.301. The molecule has 4 nitrogen and oxygen atoms in total. The van der Waals surface area contributed by atoms with Crippen molar-refractivity contribution in [3.63, 3.8) is 0 Å². The van der Waals surface area contributed by atoms with E-state index in [1.165, 1.54) is 0 Å². The second kappa shape index (κ2) is 6.20. The summed E-state index contributed by atoms with van der Waals surface area (Å²) in [6.07, 6.45) is 1.80. The summed E-state index contributed by atoms with van der Waals surface area (Å²) >= 11 is 0. The van der Waals surface area contributed by atoms with Crippen LogP contribution in [0.5, 0.6) is 5.75 Å². The second-order valence-electron chi connectivity index (χ2n) is 4.65. The predicted octanol–water partition coefficient (Wildman–Crippen LogP) is 2.14. The molecule has 0 unspecified atom stereocenters. The highest BCUT2D eigenvalue weighted by Crippen LogP contribution is 2.15. The number of anilines is 1. The van der Waals surface area contributed by atoms with Crippen LogP contribution in [0.2, 0.25) is 0 Å². The van der Waals surface area contributed by atoms with Crippen molar-refractivity contribution in [3.05, 3.63) is 53.7 Å². The van der Waals surface area contributed by atoms with Crippen LogP contribution in [0.1, 0.15) is 11.1 Å². The van der Waals surface area contributed by atoms with E-state index in [9.17, 15) is 5.11 Å². The summed E-state index contributed by atoms with van der Waals surface area (Å²) in [5.41, 5.74) is 2.22. The van der Waals surface area contributed by atoms with Gasteiger partial charge in [-0.2, -0.15) is 0 Å². The molecule has 0 saturated heterocycles. The van der Waals surface area contributed by atoms with E-state index < -0.39 is 0 Å². The lowest BCUT2D eigenvalue weighted by molar-refractivity contribution is 0.474. The zero-order valence-electron chi connectivity index (χ0n) is 11.3. The summed E-state index contributed by atoms with van der Waals surface area (Å²) in [6, 6.07) is 11.3. The van der Waals surface area contributed by atoms with Gasteiger partial charge >= 0.3 is 0 Å². The zero-order chi connectivity index (χ0) is 13.7. The molecule has 19 heavy (non-hydrogen) atoms. The van der Waals surface area contributed by atoms with Gasteiger partial charge < -0.3 is 15.3 Å². The van der Waals surface area contributed by atoms with Gasteiger partial charge in [-0.1, -0.05) is 18.2 Å². The van der Waals surface area contributed by atoms with Gasteiger partial charge in [-0.15, -0.1) is 0 Å². The highest BCUT2D eigenvalue weighted by atomic mass is 16.3. The number of rotatable bonds is 5. The average Bonchev–Trinajstić information content (AvgIpc) is 2.39. The van der Waals surface area contributed by atoms with E-state index >= 15 is 0 Å². The van der Waals surface area contributed by atoms with Crippen LogP contribution in [0.3, 0.4) is 0 Å². The van der Waals surface area contributed by atoms with Crippen LogP contribution >= 0.6 is 0 Å². The van der Waals surface area contributed by atoms with Gasteiger partial charge in [0.1, 0.15) is 11.6 Å². The van der Waals surface area contributed by atoms with Crippen molar-refractivity contribution in [2.45, 2.75) is 13.1 Å². The number of hydrogen-bond donors (Lipinski definition) is 2. The van der Waals surface area contributed by atoms with Crippen LogP contribution in [0.15, 0.2) is 42.6 Å². The van der Waals surface area contributed by atoms with Crippen LogP contribution in [0.25, 0.3) is 0 Å². The molecule has 0 saturated carbocycles. The van der Waals surface area contributed by atoms with Gasteiger partial charge in [0.15, 0.2) is 0 Å². The molecule has 0 amide bonds. The van der Waals surface area contributed by atoms with Crippen LogP contribution in [-0.4, -0.2) is 24.2 Å². The first kappa shape index (κ1) is 13.4. The molecule has 4 heteroatoms. The van der Waals surface area contributed by atoms with Gasteiger partial charge in [0, 0.05) is 38.9 Å². The number of pyridine rings is 1. The Morgan fingerprint density at radius 3 is 2.74 bits per heavy atom. The van der Waals surface area contributed by atoms with Crippen molar-refractivity contribution >= 4 is 5.82 Å². The topological polar surface area (TPSA) is 48.4 Å². The molecule has 0 aliphatic carbocycles. The molecule has 0 aliphatic heterocycles. The third-order valence-corrected chi connectivity index (χ3v) is 2.85. The fourth-order valence-corrected chi connectivity index (χ4v) is 1.98. The molecule has 100 valence electrons. The lowest BCUT2D eigenvalue weighted by Gasteiger charge is -2.16. The minimum atomic E-state index is 0.301. The van der Waals surface area contributed by atoms with Crippen molar-refractivity contribution in [3.8, 4) is 5.75 Å². The second-order valence-corrected chi connectivity index (χ2v) is 4.65. The Kier molecular flexibility index (Phi) is 4.36. The number of benzene rings is 1. The van der Waals surface area contributed by atoms with E-state index in [0.29, 0.717) is 5.75 Å². The number of phenolic OH excluding ortho intramolecular Hbond substituents is 1. The molecular weight excluding hydrogens is 238 g/mol. The maximum absolute atomic E-state index is 9.40. The molecule has 1 heterocycles. The fourth-order valence-electron chi connectivity index (χ4n) is 1.98. The third kappa shape index (κ3) is 3.69. The Labute approximate surface area is 113 Å². The summed E-state index contributed by atoms with van der Waals surface area (Å²) in [5.74, 6) is 1.28. The summed E-state index contributed by atoms with van der Waals surface area (Å²) in [6.45, 7) is 1.47. The Bertz CT molecular complexity index is 540. The van der Waals surface area contributed by atoms with Crippen molar-refractivity contribution in [2.24, 2.45) is 0 Å². The number of hydrogen-bond acceptors (Lipinski definition) is 4. The summed E-state index contributed by atoms with van der Waals surface area (Å²) < 4.78 is 0. The fraction of sp³-hybridized carbons (Fsp3) is 0.267. The normalized spacial score (nSPS) is 10.4. The number of aromatic nitrogens is 1. The zero-order valence-corrected chi connectivity index (χ0v) is 11.3. The molecule has 0 aliphatic rings. The van der Waals surface area contributed by atoms with Crippen LogP contribution in [0, 0.1) is 0 Å². The number of nitrogens with zero attached hydrogens (tertiary/aromatic N) is 2. The predicted molar refractivity (Wildman–Crippen MR) is 77.2 cm³/mol. The number of aromatic hydroxyl groups is 1. The molecular formula is C15H19N3O. The molecule has 0 atom stereocenters. The van der Waals surface area contributed by atoms with E-state index in [1.807, 2.05) is 37.2 Å². The van der Waals surface area contributed by atoms with Gasteiger partial charge in [-0.25, -0.2) is 4.98 Å². The first-order valence-corrected chi connectivity index (χ1v) is 6.26. The maximum atomic E-state index is 9.40. The van der Waals surface area contributed by atoms with Crippen molar-refractivity contribution < 1.29 is 5.11 Å². The number of phenols is 1. The van der Waals surface area contributed by atoms with Crippen molar-refractivity contribution in [1.82, 2.24) is 10.3 Å². The Morgan fingerprint density at radius 2 is 2.00 bits per heavy atom. The highest BCUT2D eigenvalue weighted by Gasteiger charge is 2.04. The SMILES string of the molecule is CN(C)c1ncccc1CNCc1cccc(O)c1. The quantitative estimate of drug-likeness (QED) is 0.861. The minimum Gasteiger partial charge on any atom is -0.508 e. The summed E-state index contributed by atoms with van der Waals surface area (Å²) in [4.78, 5) is 6.37. The van der Waals surface area contributed by atoms with Crippen molar-refractivity contribution in [2.75, 3.05) is 19.0 Å². The standard InChI is InChI=1S/C15H19N3O/c1-18(2)15-13(6-4-8-17-15)11-16-10-12-5-3-7-14(19)9-12/h3-9,16,19H,10-11H2,1-2H3. The maximum Gasteiger partial charge on any atom is 0.132 e. The van der Waals surface area contributed by atoms with Gasteiger partial charge in [0.05, 0.1) is 0 Å². The number of nitrogens with one attached hydrogen (secondary N) is 1. The van der Waals surface area contributed by atoms with Crippen LogP contribution < -0.4 is 10.2 Å². The molecule has 0 radical (unpaired) electrons. The summed E-state index contributed by atoms with van der Waals surface area (Å²) in [7, 11) is 3.97. The monoisotopic (exact) mass is 257 g/mol. The largest absolute Gasteiger partial charge is 0.508 e. The Hall–Kier alpha value is -2.07. The first-order chi connectivity index (χ1) is 9.16. The van der Waals surface area contributed by atoms with E-state index in [0.717, 1.165) is 30.0 Å². The Morgan fingerprint density at radius 1 is 1.16 bits per heavy atom. The van der Waals surface area contributed by atoms with Crippen LogP contribution in [0.4, 0.5) is 5.82 Å².